The Balaban J connectivity index is 1.24. The van der Waals surface area contributed by atoms with Crippen molar-refractivity contribution in [3.8, 4) is 11.5 Å². The minimum Gasteiger partial charge on any atom is -0.454 e. The number of para-hydroxylation sites is 1. The first-order valence-corrected chi connectivity index (χ1v) is 14.7. The van der Waals surface area contributed by atoms with Gasteiger partial charge in [0.1, 0.15) is 5.75 Å². The summed E-state index contributed by atoms with van der Waals surface area (Å²) >= 11 is 1.41. The van der Waals surface area contributed by atoms with Crippen LogP contribution in [0.3, 0.4) is 0 Å². The molecule has 4 amide bonds. The Morgan fingerprint density at radius 1 is 1.20 bits per heavy atom. The molecule has 214 valence electrons. The fourth-order valence-electron chi connectivity index (χ4n) is 6.18. The minimum atomic E-state index is -0.525. The highest BCUT2D eigenvalue weighted by atomic mass is 32.2. The number of urea groups is 1. The molecule has 0 bridgehead atoms. The molecule has 6 rings (SSSR count). The molecule has 3 N–H and O–H groups in total. The lowest BCUT2D eigenvalue weighted by Crippen LogP contribution is -2.62. The Kier molecular flexibility index (Phi) is 7.48. The van der Waals surface area contributed by atoms with Gasteiger partial charge in [-0.1, -0.05) is 36.5 Å². The number of hydrogen-bond donors (Lipinski definition) is 3. The first-order chi connectivity index (χ1) is 19.9. The van der Waals surface area contributed by atoms with Crippen LogP contribution < -0.4 is 25.6 Å². The maximum atomic E-state index is 15.5. The number of thioether (sulfide) groups is 1. The molecular weight excluding hydrogens is 545 g/mol. The molecule has 0 radical (unpaired) electrons. The molecule has 2 aromatic carbocycles. The molecule has 41 heavy (non-hydrogen) atoms. The molecule has 3 unspecified atom stereocenters. The molecule has 4 aliphatic rings. The quantitative estimate of drug-likeness (QED) is 0.449. The first-order valence-electron chi connectivity index (χ1n) is 13.8. The van der Waals surface area contributed by atoms with Crippen LogP contribution in [0.25, 0.3) is 0 Å². The third-order valence-corrected chi connectivity index (χ3v) is 9.50. The van der Waals surface area contributed by atoms with Crippen molar-refractivity contribution in [3.63, 3.8) is 0 Å². The number of amides is 4. The van der Waals surface area contributed by atoms with E-state index in [0.717, 1.165) is 12.8 Å². The predicted octanol–water partition coefficient (Wildman–Crippen LogP) is 4.01. The Bertz CT molecular complexity index is 1430. The van der Waals surface area contributed by atoms with Crippen LogP contribution in [-0.2, 0) is 9.59 Å². The molecule has 11 heteroatoms. The van der Waals surface area contributed by atoms with Crippen molar-refractivity contribution in [2.24, 2.45) is 5.92 Å². The maximum Gasteiger partial charge on any atom is 0.326 e. The van der Waals surface area contributed by atoms with Crippen LogP contribution in [0, 0.1) is 18.7 Å². The summed E-state index contributed by atoms with van der Waals surface area (Å²) in [5.74, 6) is -0.484. The third kappa shape index (κ3) is 5.08. The molecular formula is C30H32FN5O4S. The third-order valence-electron chi connectivity index (χ3n) is 8.14. The largest absolute Gasteiger partial charge is 0.454 e. The smallest absolute Gasteiger partial charge is 0.326 e. The maximum absolute atomic E-state index is 15.5. The van der Waals surface area contributed by atoms with Gasteiger partial charge in [-0.2, -0.15) is 0 Å². The van der Waals surface area contributed by atoms with Gasteiger partial charge in [0.05, 0.1) is 22.0 Å². The zero-order chi connectivity index (χ0) is 28.7. The van der Waals surface area contributed by atoms with Gasteiger partial charge < -0.3 is 25.6 Å². The predicted molar refractivity (Wildman–Crippen MR) is 155 cm³/mol. The van der Waals surface area contributed by atoms with Crippen LogP contribution in [0.5, 0.6) is 11.5 Å². The van der Waals surface area contributed by atoms with Gasteiger partial charge in [0, 0.05) is 36.3 Å². The molecule has 3 fully saturated rings. The lowest BCUT2D eigenvalue weighted by atomic mass is 9.86. The minimum absolute atomic E-state index is 0.0880. The number of hydrogen-bond acceptors (Lipinski definition) is 6. The average Bonchev–Trinajstić information content (AvgIpc) is 3.36. The van der Waals surface area contributed by atoms with E-state index in [0.29, 0.717) is 53.7 Å². The van der Waals surface area contributed by atoms with Gasteiger partial charge in [-0.15, -0.1) is 0 Å². The summed E-state index contributed by atoms with van der Waals surface area (Å²) in [6, 6.07) is 11.4. The van der Waals surface area contributed by atoms with Crippen molar-refractivity contribution in [3.05, 3.63) is 77.1 Å². The highest BCUT2D eigenvalue weighted by Gasteiger charge is 2.52. The number of benzene rings is 2. The number of nitrogens with zero attached hydrogens (tertiary/aromatic N) is 2. The topological polar surface area (TPSA) is 103 Å². The van der Waals surface area contributed by atoms with Crippen LogP contribution in [0.1, 0.15) is 24.8 Å². The van der Waals surface area contributed by atoms with Crippen LogP contribution in [-0.4, -0.2) is 59.8 Å². The van der Waals surface area contributed by atoms with E-state index in [2.05, 4.69) is 22.5 Å². The second-order valence-corrected chi connectivity index (χ2v) is 11.8. The second-order valence-electron chi connectivity index (χ2n) is 10.7. The van der Waals surface area contributed by atoms with E-state index in [1.165, 1.54) is 17.8 Å². The summed E-state index contributed by atoms with van der Waals surface area (Å²) < 4.78 is 21.3. The molecule has 0 saturated carbocycles. The fraction of sp³-hybridized carbons (Fsp3) is 0.367. The monoisotopic (exact) mass is 577 g/mol. The van der Waals surface area contributed by atoms with E-state index in [4.69, 9.17) is 4.74 Å². The molecule has 0 aliphatic carbocycles. The summed E-state index contributed by atoms with van der Waals surface area (Å²) in [5.41, 5.74) is 1.39. The Labute approximate surface area is 242 Å². The summed E-state index contributed by atoms with van der Waals surface area (Å²) in [6.45, 7) is 6.92. The molecule has 3 saturated heterocycles. The molecule has 4 heterocycles. The highest BCUT2D eigenvalue weighted by Crippen LogP contribution is 2.48. The van der Waals surface area contributed by atoms with Crippen LogP contribution in [0.2, 0.25) is 0 Å². The van der Waals surface area contributed by atoms with Crippen molar-refractivity contribution in [1.29, 1.82) is 0 Å². The van der Waals surface area contributed by atoms with Crippen molar-refractivity contribution in [2.75, 3.05) is 24.5 Å². The van der Waals surface area contributed by atoms with Crippen molar-refractivity contribution < 1.29 is 23.5 Å². The Hall–Kier alpha value is -3.83. The normalized spacial score (nSPS) is 25.4. The van der Waals surface area contributed by atoms with Gasteiger partial charge in [0.25, 0.3) is 5.91 Å². The van der Waals surface area contributed by atoms with Crippen molar-refractivity contribution in [1.82, 2.24) is 20.9 Å². The lowest BCUT2D eigenvalue weighted by Gasteiger charge is -2.46. The number of likely N-dealkylation sites (tertiary alicyclic amines) is 1. The summed E-state index contributed by atoms with van der Waals surface area (Å²) in [4.78, 5) is 43.0. The van der Waals surface area contributed by atoms with E-state index < -0.39 is 11.8 Å². The molecule has 0 aromatic heterocycles. The second kappa shape index (κ2) is 11.2. The number of rotatable bonds is 6. The van der Waals surface area contributed by atoms with Crippen molar-refractivity contribution in [2.45, 2.75) is 43.6 Å². The molecule has 0 spiro atoms. The standard InChI is InChI=1S/C30H32FN5O4S/c1-3-23(37)35-15-7-8-18(16-35)33-28(38)27-26-24-21(13-14-32-29(24)41-27)36(30(39)34-26)20-11-12-22(25(31)17(20)2)40-19-9-5-4-6-10-19/h3-6,9-12,18,21,24,29,32H,1,7-8,13-16H2,2H3,(H,33,38)(H,34,39)/t18-,21?,24?,29?/m1/s1. The van der Waals surface area contributed by atoms with Gasteiger partial charge in [-0.05, 0) is 63.1 Å². The number of halogens is 1. The Morgan fingerprint density at radius 2 is 2.00 bits per heavy atom. The lowest BCUT2D eigenvalue weighted by molar-refractivity contribution is -0.128. The average molecular weight is 578 g/mol. The van der Waals surface area contributed by atoms with Crippen molar-refractivity contribution >= 4 is 35.3 Å². The number of carbonyl (C=O) groups excluding carboxylic acids is 3. The van der Waals surface area contributed by atoms with Gasteiger partial charge in [0.15, 0.2) is 11.6 Å². The molecule has 4 atom stereocenters. The number of carbonyl (C=O) groups is 3. The van der Waals surface area contributed by atoms with Crippen LogP contribution >= 0.6 is 11.8 Å². The number of anilines is 1. The van der Waals surface area contributed by atoms with Crippen LogP contribution in [0.4, 0.5) is 14.9 Å². The van der Waals surface area contributed by atoms with Gasteiger partial charge in [-0.25, -0.2) is 9.18 Å². The first kappa shape index (κ1) is 27.3. The number of ether oxygens (including phenoxy) is 1. The fourth-order valence-corrected chi connectivity index (χ4v) is 7.58. The number of nitrogens with one attached hydrogen (secondary N) is 3. The highest BCUT2D eigenvalue weighted by molar-refractivity contribution is 8.04. The SMILES string of the molecule is C=CC(=O)N1CCC[C@@H](NC(=O)C2=C3NC(=O)N(c4ccc(Oc5ccccc5)c(F)c4C)C4CCNC(S2)C34)C1. The van der Waals surface area contributed by atoms with Gasteiger partial charge in [0.2, 0.25) is 5.91 Å². The zero-order valence-electron chi connectivity index (χ0n) is 22.7. The van der Waals surface area contributed by atoms with Gasteiger partial charge in [-0.3, -0.25) is 14.5 Å². The van der Waals surface area contributed by atoms with Crippen LogP contribution in [0.15, 0.2) is 65.7 Å². The zero-order valence-corrected chi connectivity index (χ0v) is 23.5. The van der Waals surface area contributed by atoms with E-state index in [1.807, 2.05) is 18.2 Å². The molecule has 4 aliphatic heterocycles. The Morgan fingerprint density at radius 3 is 2.78 bits per heavy atom. The van der Waals surface area contributed by atoms with E-state index in [9.17, 15) is 14.4 Å². The van der Waals surface area contributed by atoms with Gasteiger partial charge >= 0.3 is 6.03 Å². The van der Waals surface area contributed by atoms with E-state index in [1.54, 1.807) is 41.0 Å². The molecule has 2 aromatic rings. The summed E-state index contributed by atoms with van der Waals surface area (Å²) in [7, 11) is 0. The number of piperidine rings is 2. The molecule has 9 nitrogen and oxygen atoms in total. The summed E-state index contributed by atoms with van der Waals surface area (Å²) in [6.07, 6.45) is 3.49. The van der Waals surface area contributed by atoms with E-state index in [-0.39, 0.29) is 40.9 Å². The van der Waals surface area contributed by atoms with E-state index >= 15 is 4.39 Å². The summed E-state index contributed by atoms with van der Waals surface area (Å²) in [5, 5.41) is 9.43.